The highest BCUT2D eigenvalue weighted by Crippen LogP contribution is 2.40. The van der Waals surface area contributed by atoms with E-state index in [1.165, 1.54) is 12.1 Å². The van der Waals surface area contributed by atoms with Crippen molar-refractivity contribution in [1.82, 2.24) is 14.7 Å². The van der Waals surface area contributed by atoms with Crippen LogP contribution in [-0.4, -0.2) is 66.8 Å². The second kappa shape index (κ2) is 7.12. The molecule has 1 spiro atoms. The van der Waals surface area contributed by atoms with Gasteiger partial charge in [0.25, 0.3) is 0 Å². The van der Waals surface area contributed by atoms with Crippen LogP contribution >= 0.6 is 0 Å². The number of hydrogen-bond donors (Lipinski definition) is 0. The van der Waals surface area contributed by atoms with Crippen LogP contribution in [0.5, 0.6) is 0 Å². The highest BCUT2D eigenvalue weighted by molar-refractivity contribution is 5.86. The van der Waals surface area contributed by atoms with Crippen LogP contribution in [0, 0.1) is 11.2 Å². The highest BCUT2D eigenvalue weighted by atomic mass is 19.1. The smallest absolute Gasteiger partial charge is 0.236 e. The van der Waals surface area contributed by atoms with Crippen LogP contribution < -0.4 is 0 Å². The summed E-state index contributed by atoms with van der Waals surface area (Å²) in [5.74, 6) is -0.0865. The first kappa shape index (κ1) is 17.9. The van der Waals surface area contributed by atoms with Crippen LogP contribution in [0.15, 0.2) is 24.3 Å². The molecule has 0 aromatic heterocycles. The van der Waals surface area contributed by atoms with Crippen molar-refractivity contribution >= 4 is 11.8 Å². The molecule has 2 fully saturated rings. The summed E-state index contributed by atoms with van der Waals surface area (Å²) >= 11 is 0. The van der Waals surface area contributed by atoms with Gasteiger partial charge in [0.2, 0.25) is 11.8 Å². The Labute approximate surface area is 148 Å². The fraction of sp³-hybridized carbons (Fsp3) is 0.579. The normalized spacial score (nSPS) is 23.8. The minimum absolute atomic E-state index is 0.0838. The van der Waals surface area contributed by atoms with E-state index in [2.05, 4.69) is 0 Å². The molecular weight excluding hydrogens is 321 g/mol. The van der Waals surface area contributed by atoms with Crippen molar-refractivity contribution in [2.45, 2.75) is 25.8 Å². The Kier molecular flexibility index (Phi) is 5.08. The Hall–Kier alpha value is -1.95. The van der Waals surface area contributed by atoms with Gasteiger partial charge in [0.05, 0.1) is 12.0 Å². The van der Waals surface area contributed by atoms with Crippen molar-refractivity contribution in [2.75, 3.05) is 40.3 Å². The quantitative estimate of drug-likeness (QED) is 0.833. The average Bonchev–Trinajstić information content (AvgIpc) is 2.84. The molecule has 1 aromatic carbocycles. The van der Waals surface area contributed by atoms with E-state index in [0.29, 0.717) is 26.2 Å². The Bertz CT molecular complexity index is 664. The zero-order chi connectivity index (χ0) is 18.0. The fourth-order valence-corrected chi connectivity index (χ4v) is 3.99. The van der Waals surface area contributed by atoms with E-state index < -0.39 is 5.41 Å². The molecule has 2 amide bonds. The second-order valence-corrected chi connectivity index (χ2v) is 7.54. The molecule has 3 rings (SSSR count). The van der Waals surface area contributed by atoms with Gasteiger partial charge in [-0.05, 0) is 51.1 Å². The van der Waals surface area contributed by atoms with E-state index in [-0.39, 0.29) is 17.6 Å². The highest BCUT2D eigenvalue weighted by Gasteiger charge is 2.49. The molecule has 0 N–H and O–H groups in total. The molecule has 2 heterocycles. The topological polar surface area (TPSA) is 43.9 Å². The van der Waals surface area contributed by atoms with Crippen LogP contribution in [0.2, 0.25) is 0 Å². The zero-order valence-corrected chi connectivity index (χ0v) is 15.0. The number of amides is 2. The van der Waals surface area contributed by atoms with Gasteiger partial charge in [0, 0.05) is 26.2 Å². The number of likely N-dealkylation sites (N-methyl/N-ethyl adjacent to an activating group) is 1. The summed E-state index contributed by atoms with van der Waals surface area (Å²) in [4.78, 5) is 30.9. The van der Waals surface area contributed by atoms with E-state index >= 15 is 0 Å². The van der Waals surface area contributed by atoms with Gasteiger partial charge >= 0.3 is 0 Å². The van der Waals surface area contributed by atoms with Crippen LogP contribution in [0.4, 0.5) is 4.39 Å². The summed E-state index contributed by atoms with van der Waals surface area (Å²) in [5.41, 5.74) is 0.356. The summed E-state index contributed by atoms with van der Waals surface area (Å²) in [5, 5.41) is 0. The molecule has 1 aromatic rings. The van der Waals surface area contributed by atoms with Gasteiger partial charge in [-0.3, -0.25) is 9.59 Å². The number of carbonyl (C=O) groups is 2. The Balaban J connectivity index is 1.68. The summed E-state index contributed by atoms with van der Waals surface area (Å²) in [6.45, 7) is 2.72. The molecule has 1 atom stereocenters. The summed E-state index contributed by atoms with van der Waals surface area (Å²) in [6, 6.07) is 6.40. The van der Waals surface area contributed by atoms with Crippen molar-refractivity contribution in [3.8, 4) is 0 Å². The molecule has 5 nitrogen and oxygen atoms in total. The number of likely N-dealkylation sites (tertiary alicyclic amines) is 2. The number of nitrogens with zero attached hydrogens (tertiary/aromatic N) is 3. The molecule has 0 unspecified atom stereocenters. The van der Waals surface area contributed by atoms with Gasteiger partial charge in [-0.2, -0.15) is 0 Å². The Morgan fingerprint density at radius 2 is 2.08 bits per heavy atom. The third-order valence-electron chi connectivity index (χ3n) is 5.24. The number of carbonyl (C=O) groups excluding carboxylic acids is 2. The first-order chi connectivity index (χ1) is 11.9. The average molecular weight is 347 g/mol. The lowest BCUT2D eigenvalue weighted by Crippen LogP contribution is -2.51. The Morgan fingerprint density at radius 3 is 2.80 bits per heavy atom. The van der Waals surface area contributed by atoms with Crippen LogP contribution in [0.3, 0.4) is 0 Å². The van der Waals surface area contributed by atoms with Gasteiger partial charge in [-0.25, -0.2) is 4.39 Å². The third kappa shape index (κ3) is 3.84. The zero-order valence-electron chi connectivity index (χ0n) is 15.0. The van der Waals surface area contributed by atoms with E-state index in [9.17, 15) is 14.0 Å². The molecule has 0 aliphatic carbocycles. The van der Waals surface area contributed by atoms with E-state index in [0.717, 1.165) is 31.4 Å². The van der Waals surface area contributed by atoms with E-state index in [1.807, 2.05) is 34.9 Å². The fourth-order valence-electron chi connectivity index (χ4n) is 3.99. The van der Waals surface area contributed by atoms with E-state index in [1.54, 1.807) is 6.07 Å². The maximum atomic E-state index is 13.4. The van der Waals surface area contributed by atoms with Crippen molar-refractivity contribution < 1.29 is 14.0 Å². The van der Waals surface area contributed by atoms with Gasteiger partial charge in [-0.1, -0.05) is 12.1 Å². The molecule has 25 heavy (non-hydrogen) atoms. The SMILES string of the molecule is CN(C)CC(=O)N1CCC[C@]2(CCN(Cc3cccc(F)c3)C2=O)C1. The molecule has 6 heteroatoms. The predicted octanol–water partition coefficient (Wildman–Crippen LogP) is 1.73. The standard InChI is InChI=1S/C19H26FN3O2/c1-21(2)13-17(24)23-9-4-7-19(14-23)8-10-22(18(19)25)12-15-5-3-6-16(20)11-15/h3,5-6,11H,4,7-10,12-14H2,1-2H3/t19-/m0/s1. The first-order valence-electron chi connectivity index (χ1n) is 8.86. The molecule has 2 aliphatic rings. The van der Waals surface area contributed by atoms with Crippen molar-refractivity contribution in [3.05, 3.63) is 35.6 Å². The maximum Gasteiger partial charge on any atom is 0.236 e. The number of benzene rings is 1. The first-order valence-corrected chi connectivity index (χ1v) is 8.86. The lowest BCUT2D eigenvalue weighted by Gasteiger charge is -2.39. The Morgan fingerprint density at radius 1 is 1.28 bits per heavy atom. The molecule has 136 valence electrons. The number of hydrogen-bond acceptors (Lipinski definition) is 3. The third-order valence-corrected chi connectivity index (χ3v) is 5.24. The summed E-state index contributed by atoms with van der Waals surface area (Å²) < 4.78 is 13.4. The van der Waals surface area contributed by atoms with Crippen LogP contribution in [0.25, 0.3) is 0 Å². The van der Waals surface area contributed by atoms with Crippen molar-refractivity contribution in [3.63, 3.8) is 0 Å². The largest absolute Gasteiger partial charge is 0.341 e. The number of halogens is 1. The van der Waals surface area contributed by atoms with Gasteiger partial charge in [0.1, 0.15) is 5.82 Å². The lowest BCUT2D eigenvalue weighted by molar-refractivity contribution is -0.144. The molecule has 0 radical (unpaired) electrons. The lowest BCUT2D eigenvalue weighted by atomic mass is 9.78. The van der Waals surface area contributed by atoms with Gasteiger partial charge < -0.3 is 14.7 Å². The summed E-state index contributed by atoms with van der Waals surface area (Å²) in [7, 11) is 3.75. The van der Waals surface area contributed by atoms with Crippen LogP contribution in [0.1, 0.15) is 24.8 Å². The van der Waals surface area contributed by atoms with Gasteiger partial charge in [0.15, 0.2) is 0 Å². The predicted molar refractivity (Wildman–Crippen MR) is 93.2 cm³/mol. The molecular formula is C19H26FN3O2. The second-order valence-electron chi connectivity index (χ2n) is 7.54. The monoisotopic (exact) mass is 347 g/mol. The number of rotatable bonds is 4. The molecule has 2 saturated heterocycles. The van der Waals surface area contributed by atoms with E-state index in [4.69, 9.17) is 0 Å². The number of piperidine rings is 1. The minimum atomic E-state index is -0.451. The van der Waals surface area contributed by atoms with Crippen molar-refractivity contribution in [1.29, 1.82) is 0 Å². The minimum Gasteiger partial charge on any atom is -0.341 e. The molecule has 0 bridgehead atoms. The maximum absolute atomic E-state index is 13.4. The molecule has 0 saturated carbocycles. The van der Waals surface area contributed by atoms with Crippen molar-refractivity contribution in [2.24, 2.45) is 5.41 Å². The molecule has 2 aliphatic heterocycles. The van der Waals surface area contributed by atoms with Gasteiger partial charge in [-0.15, -0.1) is 0 Å². The summed E-state index contributed by atoms with van der Waals surface area (Å²) in [6.07, 6.45) is 2.46. The van der Waals surface area contributed by atoms with Crippen LogP contribution in [-0.2, 0) is 16.1 Å².